The predicted octanol–water partition coefficient (Wildman–Crippen LogP) is 1.17. The first-order valence-corrected chi connectivity index (χ1v) is 6.68. The van der Waals surface area contributed by atoms with E-state index in [4.69, 9.17) is 0 Å². The summed E-state index contributed by atoms with van der Waals surface area (Å²) in [5, 5.41) is 3.46. The molecule has 0 bridgehead atoms. The summed E-state index contributed by atoms with van der Waals surface area (Å²) in [4.78, 5) is 5.15. The monoisotopic (exact) mass is 231 g/mol. The first-order valence-electron chi connectivity index (χ1n) is 6.68. The minimum absolute atomic E-state index is 0.785. The fourth-order valence-corrected chi connectivity index (χ4v) is 2.94. The fraction of sp³-hybridized carbons (Fsp3) is 0.571. The zero-order valence-electron chi connectivity index (χ0n) is 10.3. The smallest absolute Gasteiger partial charge is 0.0367 e. The molecule has 1 atom stereocenters. The number of hydrogen-bond donors (Lipinski definition) is 1. The summed E-state index contributed by atoms with van der Waals surface area (Å²) in [6.45, 7) is 7.14. The third kappa shape index (κ3) is 2.45. The van der Waals surface area contributed by atoms with Crippen LogP contribution in [-0.4, -0.2) is 50.2 Å². The summed E-state index contributed by atoms with van der Waals surface area (Å²) < 4.78 is 0. The molecule has 92 valence electrons. The molecule has 2 heterocycles. The quantitative estimate of drug-likeness (QED) is 0.824. The van der Waals surface area contributed by atoms with E-state index in [2.05, 4.69) is 45.4 Å². The molecule has 2 saturated heterocycles. The van der Waals surface area contributed by atoms with Crippen molar-refractivity contribution < 1.29 is 0 Å². The molecule has 1 aromatic rings. The number of anilines is 1. The van der Waals surface area contributed by atoms with Crippen LogP contribution in [0.5, 0.6) is 0 Å². The van der Waals surface area contributed by atoms with Gasteiger partial charge in [0.1, 0.15) is 0 Å². The van der Waals surface area contributed by atoms with Gasteiger partial charge in [-0.1, -0.05) is 18.2 Å². The molecule has 1 N–H and O–H groups in total. The standard InChI is InChI=1S/C14H21N3/c1-2-4-13(5-3-1)16-8-10-17(11-9-16)14-6-7-15-12-14/h1-5,14-15H,6-12H2/t14-/m1/s1. The number of nitrogens with one attached hydrogen (secondary N) is 1. The second-order valence-electron chi connectivity index (χ2n) is 5.01. The maximum atomic E-state index is 3.46. The lowest BCUT2D eigenvalue weighted by Gasteiger charge is -2.38. The lowest BCUT2D eigenvalue weighted by molar-refractivity contribution is 0.196. The maximum absolute atomic E-state index is 3.46. The maximum Gasteiger partial charge on any atom is 0.0367 e. The van der Waals surface area contributed by atoms with Crippen LogP contribution in [0.25, 0.3) is 0 Å². The van der Waals surface area contributed by atoms with Crippen molar-refractivity contribution in [2.45, 2.75) is 12.5 Å². The highest BCUT2D eigenvalue weighted by atomic mass is 15.3. The summed E-state index contributed by atoms with van der Waals surface area (Å²) in [5.74, 6) is 0. The van der Waals surface area contributed by atoms with Gasteiger partial charge in [-0.3, -0.25) is 4.90 Å². The number of para-hydroxylation sites is 1. The Labute approximate surface area is 103 Å². The van der Waals surface area contributed by atoms with E-state index in [1.54, 1.807) is 0 Å². The second kappa shape index (κ2) is 5.07. The summed E-state index contributed by atoms with van der Waals surface area (Å²) >= 11 is 0. The normalized spacial score (nSPS) is 26.4. The third-order valence-corrected chi connectivity index (χ3v) is 3.99. The van der Waals surface area contributed by atoms with Gasteiger partial charge >= 0.3 is 0 Å². The fourth-order valence-electron chi connectivity index (χ4n) is 2.94. The number of nitrogens with zero attached hydrogens (tertiary/aromatic N) is 2. The van der Waals surface area contributed by atoms with E-state index in [0.29, 0.717) is 0 Å². The molecule has 2 fully saturated rings. The van der Waals surface area contributed by atoms with E-state index in [1.165, 1.54) is 51.4 Å². The van der Waals surface area contributed by atoms with Crippen LogP contribution in [0.15, 0.2) is 30.3 Å². The molecule has 0 spiro atoms. The zero-order chi connectivity index (χ0) is 11.5. The van der Waals surface area contributed by atoms with Crippen molar-refractivity contribution in [1.82, 2.24) is 10.2 Å². The van der Waals surface area contributed by atoms with Gasteiger partial charge in [0.05, 0.1) is 0 Å². The van der Waals surface area contributed by atoms with Crippen molar-refractivity contribution in [3.63, 3.8) is 0 Å². The SMILES string of the molecule is c1ccc(N2CCN([C@@H]3CCNC3)CC2)cc1. The van der Waals surface area contributed by atoms with Crippen molar-refractivity contribution in [2.24, 2.45) is 0 Å². The highest BCUT2D eigenvalue weighted by Gasteiger charge is 2.25. The van der Waals surface area contributed by atoms with Crippen LogP contribution in [0.4, 0.5) is 5.69 Å². The minimum Gasteiger partial charge on any atom is -0.369 e. The van der Waals surface area contributed by atoms with Crippen LogP contribution < -0.4 is 10.2 Å². The molecule has 0 aromatic heterocycles. The highest BCUT2D eigenvalue weighted by molar-refractivity contribution is 5.46. The Balaban J connectivity index is 1.57. The van der Waals surface area contributed by atoms with Gasteiger partial charge in [-0.05, 0) is 25.1 Å². The van der Waals surface area contributed by atoms with E-state index in [-0.39, 0.29) is 0 Å². The lowest BCUT2D eigenvalue weighted by Crippen LogP contribution is -2.51. The van der Waals surface area contributed by atoms with Crippen molar-refractivity contribution in [2.75, 3.05) is 44.2 Å². The Morgan fingerprint density at radius 1 is 1.00 bits per heavy atom. The highest BCUT2D eigenvalue weighted by Crippen LogP contribution is 2.18. The van der Waals surface area contributed by atoms with Gasteiger partial charge in [-0.15, -0.1) is 0 Å². The molecule has 17 heavy (non-hydrogen) atoms. The van der Waals surface area contributed by atoms with E-state index < -0.39 is 0 Å². The zero-order valence-corrected chi connectivity index (χ0v) is 10.3. The summed E-state index contributed by atoms with van der Waals surface area (Å²) in [6.07, 6.45) is 1.32. The van der Waals surface area contributed by atoms with E-state index >= 15 is 0 Å². The molecular formula is C14H21N3. The average molecular weight is 231 g/mol. The Kier molecular flexibility index (Phi) is 3.29. The van der Waals surface area contributed by atoms with Crippen molar-refractivity contribution in [1.29, 1.82) is 0 Å². The molecule has 0 radical (unpaired) electrons. The first-order chi connectivity index (χ1) is 8.43. The first kappa shape index (κ1) is 11.1. The molecule has 0 saturated carbocycles. The van der Waals surface area contributed by atoms with Gasteiger partial charge < -0.3 is 10.2 Å². The Morgan fingerprint density at radius 3 is 2.41 bits per heavy atom. The average Bonchev–Trinajstić information content (AvgIpc) is 2.94. The van der Waals surface area contributed by atoms with Gasteiger partial charge in [0.25, 0.3) is 0 Å². The van der Waals surface area contributed by atoms with Gasteiger partial charge in [0, 0.05) is 44.5 Å². The van der Waals surface area contributed by atoms with Crippen LogP contribution in [0.1, 0.15) is 6.42 Å². The van der Waals surface area contributed by atoms with Gasteiger partial charge in [-0.25, -0.2) is 0 Å². The number of piperazine rings is 1. The topological polar surface area (TPSA) is 18.5 Å². The van der Waals surface area contributed by atoms with Crippen LogP contribution in [0.2, 0.25) is 0 Å². The molecule has 1 aromatic carbocycles. The van der Waals surface area contributed by atoms with Crippen molar-refractivity contribution in [3.8, 4) is 0 Å². The molecule has 0 amide bonds. The molecule has 3 rings (SSSR count). The summed E-state index contributed by atoms with van der Waals surface area (Å²) in [7, 11) is 0. The van der Waals surface area contributed by atoms with Crippen LogP contribution in [-0.2, 0) is 0 Å². The second-order valence-corrected chi connectivity index (χ2v) is 5.01. The minimum atomic E-state index is 0.785. The van der Waals surface area contributed by atoms with E-state index in [9.17, 15) is 0 Å². The molecule has 2 aliphatic heterocycles. The number of benzene rings is 1. The van der Waals surface area contributed by atoms with Gasteiger partial charge in [-0.2, -0.15) is 0 Å². The Morgan fingerprint density at radius 2 is 1.76 bits per heavy atom. The van der Waals surface area contributed by atoms with Crippen LogP contribution >= 0.6 is 0 Å². The van der Waals surface area contributed by atoms with Gasteiger partial charge in [0.2, 0.25) is 0 Å². The third-order valence-electron chi connectivity index (χ3n) is 3.99. The molecule has 2 aliphatic rings. The summed E-state index contributed by atoms with van der Waals surface area (Å²) in [5.41, 5.74) is 1.37. The van der Waals surface area contributed by atoms with E-state index in [0.717, 1.165) is 6.04 Å². The molecule has 0 unspecified atom stereocenters. The molecular weight excluding hydrogens is 210 g/mol. The van der Waals surface area contributed by atoms with E-state index in [1.807, 2.05) is 0 Å². The van der Waals surface area contributed by atoms with Crippen molar-refractivity contribution >= 4 is 5.69 Å². The number of hydrogen-bond acceptors (Lipinski definition) is 3. The summed E-state index contributed by atoms with van der Waals surface area (Å²) in [6, 6.07) is 11.6. The van der Waals surface area contributed by atoms with Crippen LogP contribution in [0.3, 0.4) is 0 Å². The Bertz CT molecular complexity index is 338. The molecule has 3 nitrogen and oxygen atoms in total. The van der Waals surface area contributed by atoms with Gasteiger partial charge in [0.15, 0.2) is 0 Å². The Hall–Kier alpha value is -1.06. The molecule has 0 aliphatic carbocycles. The molecule has 3 heteroatoms. The predicted molar refractivity (Wildman–Crippen MR) is 71.5 cm³/mol. The van der Waals surface area contributed by atoms with Crippen molar-refractivity contribution in [3.05, 3.63) is 30.3 Å². The largest absolute Gasteiger partial charge is 0.369 e. The van der Waals surface area contributed by atoms with Crippen LogP contribution in [0, 0.1) is 0 Å². The lowest BCUT2D eigenvalue weighted by atomic mass is 10.1. The number of rotatable bonds is 2.